The lowest BCUT2D eigenvalue weighted by atomic mass is 9.95. The van der Waals surface area contributed by atoms with Crippen LogP contribution in [0.3, 0.4) is 0 Å². The maximum atomic E-state index is 12.5. The zero-order chi connectivity index (χ0) is 15.2. The molecular weight excluding hydrogens is 282 g/mol. The van der Waals surface area contributed by atoms with E-state index in [0.717, 1.165) is 39.1 Å². The normalized spacial score (nSPS) is 18.2. The monoisotopic (exact) mass is 309 g/mol. The molecule has 0 aromatic carbocycles. The number of nitrogens with zero attached hydrogens (tertiary/aromatic N) is 2. The van der Waals surface area contributed by atoms with E-state index in [0.29, 0.717) is 12.5 Å². The number of hydrogen-bond acceptors (Lipinski definition) is 4. The predicted octanol–water partition coefficient (Wildman–Crippen LogP) is 2.01. The van der Waals surface area contributed by atoms with Crippen LogP contribution in [0.4, 0.5) is 0 Å². The molecule has 1 aliphatic heterocycles. The van der Waals surface area contributed by atoms with E-state index in [-0.39, 0.29) is 11.8 Å². The van der Waals surface area contributed by atoms with Crippen molar-refractivity contribution in [1.82, 2.24) is 9.80 Å². The van der Waals surface area contributed by atoms with Crippen LogP contribution in [0.25, 0.3) is 0 Å². The van der Waals surface area contributed by atoms with E-state index in [4.69, 9.17) is 5.73 Å². The van der Waals surface area contributed by atoms with Crippen molar-refractivity contribution in [2.45, 2.75) is 26.8 Å². The molecule has 0 spiro atoms. The third-order valence-corrected chi connectivity index (χ3v) is 4.89. The summed E-state index contributed by atoms with van der Waals surface area (Å²) in [6.45, 7) is 9.35. The Morgan fingerprint density at radius 1 is 1.33 bits per heavy atom. The van der Waals surface area contributed by atoms with Crippen LogP contribution >= 0.6 is 11.3 Å². The second kappa shape index (κ2) is 7.92. The molecule has 1 amide bonds. The molecular formula is C16H27N3OS. The fraction of sp³-hybridized carbons (Fsp3) is 0.688. The molecule has 5 heteroatoms. The van der Waals surface area contributed by atoms with E-state index in [1.165, 1.54) is 4.88 Å². The predicted molar refractivity (Wildman–Crippen MR) is 88.2 cm³/mol. The molecule has 0 saturated carbocycles. The summed E-state index contributed by atoms with van der Waals surface area (Å²) < 4.78 is 0. The largest absolute Gasteiger partial charge is 0.340 e. The minimum atomic E-state index is -0.00570. The zero-order valence-corrected chi connectivity index (χ0v) is 13.9. The van der Waals surface area contributed by atoms with Gasteiger partial charge in [0.05, 0.1) is 5.92 Å². The van der Waals surface area contributed by atoms with Gasteiger partial charge in [-0.25, -0.2) is 0 Å². The van der Waals surface area contributed by atoms with Gasteiger partial charge in [-0.1, -0.05) is 19.9 Å². The number of carbonyl (C=O) groups excluding carboxylic acids is 1. The quantitative estimate of drug-likeness (QED) is 0.874. The van der Waals surface area contributed by atoms with Crippen molar-refractivity contribution in [3.8, 4) is 0 Å². The molecule has 1 aromatic rings. The third kappa shape index (κ3) is 4.80. The Kier molecular flexibility index (Phi) is 6.21. The van der Waals surface area contributed by atoms with E-state index in [9.17, 15) is 4.79 Å². The van der Waals surface area contributed by atoms with E-state index in [2.05, 4.69) is 36.3 Å². The highest BCUT2D eigenvalue weighted by molar-refractivity contribution is 7.09. The summed E-state index contributed by atoms with van der Waals surface area (Å²) in [6, 6.07) is 4.27. The fourth-order valence-electron chi connectivity index (χ4n) is 2.87. The average molecular weight is 309 g/mol. The summed E-state index contributed by atoms with van der Waals surface area (Å²) in [4.78, 5) is 18.3. The number of carbonyl (C=O) groups is 1. The molecule has 2 rings (SSSR count). The van der Waals surface area contributed by atoms with Gasteiger partial charge in [-0.3, -0.25) is 9.69 Å². The van der Waals surface area contributed by atoms with Gasteiger partial charge in [-0.05, 0) is 23.8 Å². The third-order valence-electron chi connectivity index (χ3n) is 4.03. The van der Waals surface area contributed by atoms with Crippen LogP contribution in [0.1, 0.15) is 25.1 Å². The van der Waals surface area contributed by atoms with E-state index in [1.54, 1.807) is 11.3 Å². The highest BCUT2D eigenvalue weighted by Crippen LogP contribution is 2.17. The second-order valence-corrected chi connectivity index (χ2v) is 7.28. The molecule has 0 bridgehead atoms. The molecule has 2 heterocycles. The Balaban J connectivity index is 1.81. The number of thiophene rings is 1. The van der Waals surface area contributed by atoms with Gasteiger partial charge < -0.3 is 10.6 Å². The van der Waals surface area contributed by atoms with Gasteiger partial charge >= 0.3 is 0 Å². The lowest BCUT2D eigenvalue weighted by molar-refractivity contribution is -0.137. The standard InChI is InChI=1S/C16H27N3OS/c1-13(2)10-14(11-17)16(20)19-7-5-18(6-8-19)12-15-4-3-9-21-15/h3-4,9,13-14H,5-8,10-12,17H2,1-2H3. The first kappa shape index (κ1) is 16.5. The average Bonchev–Trinajstić information content (AvgIpc) is 2.97. The molecule has 0 aliphatic carbocycles. The van der Waals surface area contributed by atoms with Gasteiger partial charge in [0.2, 0.25) is 5.91 Å². The number of rotatable bonds is 6. The molecule has 1 aromatic heterocycles. The Bertz CT molecular complexity index is 425. The van der Waals surface area contributed by atoms with Crippen molar-refractivity contribution >= 4 is 17.2 Å². The zero-order valence-electron chi connectivity index (χ0n) is 13.1. The Labute approximate surface area is 131 Å². The molecule has 21 heavy (non-hydrogen) atoms. The summed E-state index contributed by atoms with van der Waals surface area (Å²) in [5, 5.41) is 2.12. The maximum absolute atomic E-state index is 12.5. The van der Waals surface area contributed by atoms with Crippen LogP contribution in [0, 0.1) is 11.8 Å². The van der Waals surface area contributed by atoms with Crippen molar-refractivity contribution in [2.75, 3.05) is 32.7 Å². The van der Waals surface area contributed by atoms with Gasteiger partial charge in [0.25, 0.3) is 0 Å². The fourth-order valence-corrected chi connectivity index (χ4v) is 3.62. The van der Waals surface area contributed by atoms with Crippen LogP contribution in [-0.4, -0.2) is 48.4 Å². The van der Waals surface area contributed by atoms with E-state index < -0.39 is 0 Å². The SMILES string of the molecule is CC(C)CC(CN)C(=O)N1CCN(Cc2cccs2)CC1. The first-order valence-corrected chi connectivity index (χ1v) is 8.71. The molecule has 118 valence electrons. The Morgan fingerprint density at radius 3 is 2.57 bits per heavy atom. The van der Waals surface area contributed by atoms with Crippen LogP contribution in [0.2, 0.25) is 0 Å². The lowest BCUT2D eigenvalue weighted by Crippen LogP contribution is -2.50. The molecule has 1 aliphatic rings. The van der Waals surface area contributed by atoms with Gasteiger partial charge in [0, 0.05) is 44.1 Å². The summed E-state index contributed by atoms with van der Waals surface area (Å²) in [6.07, 6.45) is 0.894. The number of nitrogens with two attached hydrogens (primary N) is 1. The van der Waals surface area contributed by atoms with Crippen molar-refractivity contribution in [2.24, 2.45) is 17.6 Å². The van der Waals surface area contributed by atoms with Gasteiger partial charge in [-0.2, -0.15) is 0 Å². The van der Waals surface area contributed by atoms with Crippen molar-refractivity contribution in [3.63, 3.8) is 0 Å². The van der Waals surface area contributed by atoms with Gasteiger partial charge in [0.1, 0.15) is 0 Å². The Hall–Kier alpha value is -0.910. The lowest BCUT2D eigenvalue weighted by Gasteiger charge is -2.36. The molecule has 1 fully saturated rings. The minimum absolute atomic E-state index is 0.00570. The van der Waals surface area contributed by atoms with Crippen LogP contribution < -0.4 is 5.73 Å². The summed E-state index contributed by atoms with van der Waals surface area (Å²) >= 11 is 1.80. The summed E-state index contributed by atoms with van der Waals surface area (Å²) in [5.74, 6) is 0.762. The van der Waals surface area contributed by atoms with Crippen molar-refractivity contribution in [1.29, 1.82) is 0 Å². The topological polar surface area (TPSA) is 49.6 Å². The number of hydrogen-bond donors (Lipinski definition) is 1. The number of amides is 1. The molecule has 1 saturated heterocycles. The molecule has 1 unspecified atom stereocenters. The molecule has 2 N–H and O–H groups in total. The molecule has 0 radical (unpaired) electrons. The molecule has 1 atom stereocenters. The van der Waals surface area contributed by atoms with Crippen LogP contribution in [0.15, 0.2) is 17.5 Å². The van der Waals surface area contributed by atoms with Gasteiger partial charge in [0.15, 0.2) is 0 Å². The van der Waals surface area contributed by atoms with Crippen molar-refractivity contribution in [3.05, 3.63) is 22.4 Å². The second-order valence-electron chi connectivity index (χ2n) is 6.24. The van der Waals surface area contributed by atoms with Crippen molar-refractivity contribution < 1.29 is 4.79 Å². The van der Waals surface area contributed by atoms with E-state index >= 15 is 0 Å². The first-order valence-electron chi connectivity index (χ1n) is 7.83. The molecule has 4 nitrogen and oxygen atoms in total. The van der Waals surface area contributed by atoms with E-state index in [1.807, 2.05) is 4.90 Å². The first-order chi connectivity index (χ1) is 10.1. The minimum Gasteiger partial charge on any atom is -0.340 e. The Morgan fingerprint density at radius 2 is 2.05 bits per heavy atom. The highest BCUT2D eigenvalue weighted by Gasteiger charge is 2.27. The van der Waals surface area contributed by atoms with Crippen LogP contribution in [-0.2, 0) is 11.3 Å². The van der Waals surface area contributed by atoms with Gasteiger partial charge in [-0.15, -0.1) is 11.3 Å². The number of piperazine rings is 1. The summed E-state index contributed by atoms with van der Waals surface area (Å²) in [5.41, 5.74) is 5.79. The highest BCUT2D eigenvalue weighted by atomic mass is 32.1. The smallest absolute Gasteiger partial charge is 0.227 e. The summed E-state index contributed by atoms with van der Waals surface area (Å²) in [7, 11) is 0. The van der Waals surface area contributed by atoms with Crippen LogP contribution in [0.5, 0.6) is 0 Å². The maximum Gasteiger partial charge on any atom is 0.227 e.